The number of carbonyl (C=O) groups excluding carboxylic acids is 1. The highest BCUT2D eigenvalue weighted by molar-refractivity contribution is 7.98. The molecule has 0 radical (unpaired) electrons. The van der Waals surface area contributed by atoms with Crippen LogP contribution in [0, 0.1) is 0 Å². The lowest BCUT2D eigenvalue weighted by Gasteiger charge is -2.19. The average Bonchev–Trinajstić information content (AvgIpc) is 2.77. The van der Waals surface area contributed by atoms with Crippen molar-refractivity contribution in [2.24, 2.45) is 0 Å². The fourth-order valence-electron chi connectivity index (χ4n) is 3.02. The number of hydrogen-bond acceptors (Lipinski definition) is 6. The van der Waals surface area contributed by atoms with Crippen molar-refractivity contribution in [3.63, 3.8) is 0 Å². The van der Waals surface area contributed by atoms with Gasteiger partial charge in [0.05, 0.1) is 0 Å². The summed E-state index contributed by atoms with van der Waals surface area (Å²) in [6.07, 6.45) is 3.84. The van der Waals surface area contributed by atoms with E-state index in [-0.39, 0.29) is 11.3 Å². The third kappa shape index (κ3) is 5.49. The Morgan fingerprint density at radius 1 is 1.03 bits per heavy atom. The van der Waals surface area contributed by atoms with Crippen LogP contribution in [0.5, 0.6) is 0 Å². The van der Waals surface area contributed by atoms with Gasteiger partial charge in [0.1, 0.15) is 5.69 Å². The van der Waals surface area contributed by atoms with E-state index in [1.165, 1.54) is 16.4 Å². The quantitative estimate of drug-likeness (QED) is 0.341. The number of nitrogens with zero attached hydrogens (tertiary/aromatic N) is 3. The van der Waals surface area contributed by atoms with Crippen molar-refractivity contribution < 1.29 is 4.79 Å². The molecule has 0 atom stereocenters. The molecule has 160 valence electrons. The molecule has 0 saturated carbocycles. The molecule has 0 unspecified atom stereocenters. The number of aromatic nitrogens is 3. The van der Waals surface area contributed by atoms with E-state index in [1.807, 2.05) is 75.6 Å². The van der Waals surface area contributed by atoms with Crippen LogP contribution in [0.1, 0.15) is 42.4 Å². The van der Waals surface area contributed by atoms with Crippen LogP contribution in [0.2, 0.25) is 0 Å². The van der Waals surface area contributed by atoms with Gasteiger partial charge >= 0.3 is 0 Å². The van der Waals surface area contributed by atoms with E-state index in [2.05, 4.69) is 15.6 Å². The molecular weight excluding hydrogens is 408 g/mol. The van der Waals surface area contributed by atoms with Crippen LogP contribution < -0.4 is 11.0 Å². The number of carbonyl (C=O) groups is 1. The highest BCUT2D eigenvalue weighted by Gasteiger charge is 2.23. The monoisotopic (exact) mass is 434 g/mol. The lowest BCUT2D eigenvalue weighted by atomic mass is 9.93. The van der Waals surface area contributed by atoms with E-state index in [0.29, 0.717) is 28.4 Å². The zero-order chi connectivity index (χ0) is 22.4. The second kappa shape index (κ2) is 9.75. The van der Waals surface area contributed by atoms with Crippen molar-refractivity contribution in [1.82, 2.24) is 14.9 Å². The van der Waals surface area contributed by atoms with Gasteiger partial charge in [0.2, 0.25) is 5.16 Å². The van der Waals surface area contributed by atoms with E-state index in [1.54, 1.807) is 18.3 Å². The predicted octanol–water partition coefficient (Wildman–Crippen LogP) is 4.21. The number of allylic oxidation sites excluding steroid dienone is 1. The second-order valence-corrected chi connectivity index (χ2v) is 8.86. The zero-order valence-electron chi connectivity index (χ0n) is 18.1. The standard InChI is InChI=1S/C24H26N4O2S/c1-24(2,3)21-22(30)28(23(31-4)27-26-21)25-16-19(15-17-11-7-5-8-12-17)20(29)18-13-9-6-10-14-18/h5-14,16,25H,15H2,1-4H3/b19-16-. The molecule has 0 bridgehead atoms. The Balaban J connectivity index is 2.03. The van der Waals surface area contributed by atoms with Gasteiger partial charge in [0.15, 0.2) is 5.78 Å². The number of thioether (sulfide) groups is 1. The van der Waals surface area contributed by atoms with Gasteiger partial charge in [-0.3, -0.25) is 15.0 Å². The van der Waals surface area contributed by atoms with E-state index in [0.717, 1.165) is 5.56 Å². The first-order valence-corrected chi connectivity index (χ1v) is 11.2. The first kappa shape index (κ1) is 22.5. The largest absolute Gasteiger partial charge is 0.296 e. The molecular formula is C24H26N4O2S. The smallest absolute Gasteiger partial charge is 0.295 e. The van der Waals surface area contributed by atoms with Crippen LogP contribution in [0.3, 0.4) is 0 Å². The van der Waals surface area contributed by atoms with Gasteiger partial charge in [-0.1, -0.05) is 93.2 Å². The molecule has 7 heteroatoms. The number of hydrogen-bond donors (Lipinski definition) is 1. The molecule has 31 heavy (non-hydrogen) atoms. The van der Waals surface area contributed by atoms with Crippen LogP contribution in [-0.4, -0.2) is 26.9 Å². The van der Waals surface area contributed by atoms with Gasteiger partial charge in [0.25, 0.3) is 5.56 Å². The van der Waals surface area contributed by atoms with E-state index in [4.69, 9.17) is 0 Å². The minimum Gasteiger partial charge on any atom is -0.296 e. The number of benzene rings is 2. The van der Waals surface area contributed by atoms with E-state index in [9.17, 15) is 9.59 Å². The maximum atomic E-state index is 13.2. The molecule has 1 heterocycles. The van der Waals surface area contributed by atoms with Gasteiger partial charge in [-0.05, 0) is 11.8 Å². The molecule has 3 rings (SSSR count). The molecule has 0 fully saturated rings. The first-order valence-electron chi connectivity index (χ1n) is 9.94. The Morgan fingerprint density at radius 2 is 1.65 bits per heavy atom. The molecule has 1 N–H and O–H groups in total. The lowest BCUT2D eigenvalue weighted by molar-refractivity contribution is 0.103. The van der Waals surface area contributed by atoms with Gasteiger partial charge in [-0.25, -0.2) is 0 Å². The maximum absolute atomic E-state index is 13.2. The van der Waals surface area contributed by atoms with E-state index < -0.39 is 5.41 Å². The van der Waals surface area contributed by atoms with Gasteiger partial charge in [-0.15, -0.1) is 10.2 Å². The molecule has 0 aliphatic carbocycles. The Bertz CT molecular complexity index is 1130. The highest BCUT2D eigenvalue weighted by atomic mass is 32.2. The minimum absolute atomic E-state index is 0.103. The Labute approximate surface area is 186 Å². The van der Waals surface area contributed by atoms with Crippen LogP contribution in [0.4, 0.5) is 0 Å². The summed E-state index contributed by atoms with van der Waals surface area (Å²) < 4.78 is 1.35. The molecule has 0 saturated heterocycles. The number of ketones is 1. The third-order valence-electron chi connectivity index (χ3n) is 4.66. The van der Waals surface area contributed by atoms with Gasteiger partial charge in [0, 0.05) is 29.2 Å². The van der Waals surface area contributed by atoms with Crippen LogP contribution in [0.25, 0.3) is 0 Å². The van der Waals surface area contributed by atoms with Crippen molar-refractivity contribution in [2.75, 3.05) is 11.7 Å². The minimum atomic E-state index is -0.457. The number of nitrogens with one attached hydrogen (secondary N) is 1. The van der Waals surface area contributed by atoms with Gasteiger partial charge < -0.3 is 0 Å². The average molecular weight is 435 g/mol. The summed E-state index contributed by atoms with van der Waals surface area (Å²) >= 11 is 1.30. The van der Waals surface area contributed by atoms with Crippen LogP contribution in [-0.2, 0) is 11.8 Å². The molecule has 2 aromatic carbocycles. The summed E-state index contributed by atoms with van der Waals surface area (Å²) in [5.74, 6) is -0.103. The highest BCUT2D eigenvalue weighted by Crippen LogP contribution is 2.18. The van der Waals surface area contributed by atoms with Crippen molar-refractivity contribution in [3.8, 4) is 0 Å². The summed E-state index contributed by atoms with van der Waals surface area (Å²) in [4.78, 5) is 26.3. The van der Waals surface area contributed by atoms with Crippen molar-refractivity contribution >= 4 is 17.5 Å². The SMILES string of the molecule is CSc1nnc(C(C)(C)C)c(=O)n1N/C=C(/Cc1ccccc1)C(=O)c1ccccc1. The molecule has 1 aromatic heterocycles. The second-order valence-electron chi connectivity index (χ2n) is 8.08. The normalized spacial score (nSPS) is 11.9. The fraction of sp³-hybridized carbons (Fsp3) is 0.250. The molecule has 3 aromatic rings. The fourth-order valence-corrected chi connectivity index (χ4v) is 3.46. The Kier molecular flexibility index (Phi) is 7.07. The van der Waals surface area contributed by atoms with Crippen molar-refractivity contribution in [3.05, 3.63) is 99.6 Å². The van der Waals surface area contributed by atoms with Crippen molar-refractivity contribution in [2.45, 2.75) is 37.8 Å². The molecule has 0 amide bonds. The Morgan fingerprint density at radius 3 is 2.23 bits per heavy atom. The number of rotatable bonds is 7. The predicted molar refractivity (Wildman–Crippen MR) is 125 cm³/mol. The summed E-state index contributed by atoms with van der Waals surface area (Å²) in [7, 11) is 0. The summed E-state index contributed by atoms with van der Waals surface area (Å²) in [6.45, 7) is 5.74. The van der Waals surface area contributed by atoms with E-state index >= 15 is 0 Å². The Hall–Kier alpha value is -3.19. The van der Waals surface area contributed by atoms with Crippen LogP contribution >= 0.6 is 11.8 Å². The molecule has 0 spiro atoms. The molecule has 0 aliphatic rings. The van der Waals surface area contributed by atoms with Gasteiger partial charge in [-0.2, -0.15) is 4.68 Å². The summed E-state index contributed by atoms with van der Waals surface area (Å²) in [5.41, 5.74) is 4.75. The number of Topliss-reactive ketones (excluding diaryl/α,β-unsaturated/α-hetero) is 1. The summed E-state index contributed by atoms with van der Waals surface area (Å²) in [6, 6.07) is 18.9. The molecule has 0 aliphatic heterocycles. The first-order chi connectivity index (χ1) is 14.8. The maximum Gasteiger partial charge on any atom is 0.295 e. The van der Waals surface area contributed by atoms with Crippen LogP contribution in [0.15, 0.2) is 82.4 Å². The molecule has 6 nitrogen and oxygen atoms in total. The topological polar surface area (TPSA) is 76.9 Å². The summed E-state index contributed by atoms with van der Waals surface area (Å²) in [5, 5.41) is 8.73. The zero-order valence-corrected chi connectivity index (χ0v) is 18.9. The van der Waals surface area contributed by atoms with Crippen molar-refractivity contribution in [1.29, 1.82) is 0 Å². The lowest BCUT2D eigenvalue weighted by Crippen LogP contribution is -2.37. The third-order valence-corrected chi connectivity index (χ3v) is 5.29.